The van der Waals surface area contributed by atoms with Crippen molar-refractivity contribution in [2.75, 3.05) is 18.1 Å². The van der Waals surface area contributed by atoms with Crippen molar-refractivity contribution in [3.05, 3.63) is 102 Å². The molecular formula is C28H27N5O3. The number of benzene rings is 2. The molecule has 0 fully saturated rings. The Hall–Kier alpha value is -4.46. The number of nitrogens with zero attached hydrogens (tertiary/aromatic N) is 4. The van der Waals surface area contributed by atoms with E-state index in [1.54, 1.807) is 18.6 Å². The molecule has 5 rings (SSSR count). The Labute approximate surface area is 210 Å². The fourth-order valence-corrected chi connectivity index (χ4v) is 4.08. The highest BCUT2D eigenvalue weighted by atomic mass is 16.5. The van der Waals surface area contributed by atoms with Crippen LogP contribution in [0.3, 0.4) is 0 Å². The van der Waals surface area contributed by atoms with Crippen molar-refractivity contribution in [3.63, 3.8) is 0 Å². The van der Waals surface area contributed by atoms with Gasteiger partial charge in [0.1, 0.15) is 17.9 Å². The van der Waals surface area contributed by atoms with Crippen molar-refractivity contribution in [3.8, 4) is 11.6 Å². The second-order valence-electron chi connectivity index (χ2n) is 8.32. The summed E-state index contributed by atoms with van der Waals surface area (Å²) in [5, 5.41) is 2.92. The zero-order chi connectivity index (χ0) is 24.7. The van der Waals surface area contributed by atoms with Gasteiger partial charge in [0.15, 0.2) is 0 Å². The minimum atomic E-state index is -0.304. The second-order valence-corrected chi connectivity index (χ2v) is 8.32. The van der Waals surface area contributed by atoms with E-state index in [-0.39, 0.29) is 24.0 Å². The van der Waals surface area contributed by atoms with Crippen LogP contribution in [0.15, 0.2) is 79.3 Å². The minimum Gasteiger partial charge on any atom is -0.494 e. The summed E-state index contributed by atoms with van der Waals surface area (Å²) < 4.78 is 11.6. The van der Waals surface area contributed by atoms with Gasteiger partial charge in [0.2, 0.25) is 11.8 Å². The van der Waals surface area contributed by atoms with Crippen LogP contribution in [0.4, 0.5) is 11.6 Å². The first-order chi connectivity index (χ1) is 17.7. The maximum atomic E-state index is 13.1. The number of carbonyl (C=O) groups is 1. The molecule has 0 aliphatic carbocycles. The van der Waals surface area contributed by atoms with Crippen LogP contribution in [-0.2, 0) is 19.6 Å². The molecule has 0 spiro atoms. The van der Waals surface area contributed by atoms with Crippen LogP contribution >= 0.6 is 0 Å². The molecule has 2 aromatic heterocycles. The first-order valence-electron chi connectivity index (χ1n) is 12.0. The smallest absolute Gasteiger partial charge is 0.258 e. The first-order valence-corrected chi connectivity index (χ1v) is 12.0. The van der Waals surface area contributed by atoms with Crippen molar-refractivity contribution in [2.24, 2.45) is 0 Å². The monoisotopic (exact) mass is 481 g/mol. The third-order valence-corrected chi connectivity index (χ3v) is 5.93. The standard InChI is InChI=1S/C28H27N5O3/c1-2-35-23-9-7-21(8-10-23)19-36-27-24(26(34)30-17-20-11-14-29-15-12-20)18-31-28(32-27)33-16-13-22-5-3-4-6-25(22)33/h3-12,14-15,18H,2,13,16-17,19H2,1H3,(H,30,34). The van der Waals surface area contributed by atoms with Gasteiger partial charge in [-0.1, -0.05) is 30.3 Å². The number of para-hydroxylation sites is 1. The van der Waals surface area contributed by atoms with Crippen LogP contribution in [0.2, 0.25) is 0 Å². The van der Waals surface area contributed by atoms with Crippen molar-refractivity contribution in [2.45, 2.75) is 26.5 Å². The summed E-state index contributed by atoms with van der Waals surface area (Å²) >= 11 is 0. The third-order valence-electron chi connectivity index (χ3n) is 5.93. The molecule has 0 saturated carbocycles. The number of pyridine rings is 1. The summed E-state index contributed by atoms with van der Waals surface area (Å²) in [4.78, 5) is 28.4. The average molecular weight is 482 g/mol. The maximum Gasteiger partial charge on any atom is 0.258 e. The minimum absolute atomic E-state index is 0.241. The molecule has 8 heteroatoms. The Balaban J connectivity index is 1.39. The van der Waals surface area contributed by atoms with Crippen LogP contribution in [0.25, 0.3) is 0 Å². The van der Waals surface area contributed by atoms with Crippen molar-refractivity contribution >= 4 is 17.5 Å². The largest absolute Gasteiger partial charge is 0.494 e. The molecule has 182 valence electrons. The predicted molar refractivity (Wildman–Crippen MR) is 137 cm³/mol. The fourth-order valence-electron chi connectivity index (χ4n) is 4.08. The van der Waals surface area contributed by atoms with E-state index in [9.17, 15) is 4.79 Å². The third kappa shape index (κ3) is 5.27. The van der Waals surface area contributed by atoms with Crippen LogP contribution in [0, 0.1) is 0 Å². The molecule has 1 aliphatic rings. The zero-order valence-corrected chi connectivity index (χ0v) is 20.1. The molecule has 0 radical (unpaired) electrons. The molecule has 3 heterocycles. The normalized spacial score (nSPS) is 12.2. The van der Waals surface area contributed by atoms with Gasteiger partial charge in [0, 0.05) is 37.4 Å². The van der Waals surface area contributed by atoms with E-state index in [1.807, 2.05) is 55.5 Å². The van der Waals surface area contributed by atoms with E-state index in [0.29, 0.717) is 19.1 Å². The topological polar surface area (TPSA) is 89.5 Å². The Morgan fingerprint density at radius 2 is 1.81 bits per heavy atom. The van der Waals surface area contributed by atoms with Gasteiger partial charge >= 0.3 is 0 Å². The number of nitrogens with one attached hydrogen (secondary N) is 1. The van der Waals surface area contributed by atoms with Gasteiger partial charge in [0.25, 0.3) is 5.91 Å². The highest BCUT2D eigenvalue weighted by Crippen LogP contribution is 2.33. The van der Waals surface area contributed by atoms with E-state index in [4.69, 9.17) is 9.47 Å². The molecule has 4 aromatic rings. The number of anilines is 2. The van der Waals surface area contributed by atoms with Gasteiger partial charge in [-0.3, -0.25) is 9.78 Å². The highest BCUT2D eigenvalue weighted by Gasteiger charge is 2.24. The number of rotatable bonds is 9. The number of hydrogen-bond donors (Lipinski definition) is 1. The molecule has 1 amide bonds. The molecular weight excluding hydrogens is 454 g/mol. The number of fused-ring (bicyclic) bond motifs is 1. The SMILES string of the molecule is CCOc1ccc(COc2nc(N3CCc4ccccc43)ncc2C(=O)NCc2ccncc2)cc1. The number of ether oxygens (including phenoxy) is 2. The molecule has 8 nitrogen and oxygen atoms in total. The van der Waals surface area contributed by atoms with Crippen LogP contribution in [0.5, 0.6) is 11.6 Å². The summed E-state index contributed by atoms with van der Waals surface area (Å²) in [6, 6.07) is 19.6. The van der Waals surface area contributed by atoms with Crippen LogP contribution in [-0.4, -0.2) is 34.0 Å². The Kier molecular flexibility index (Phi) is 7.02. The lowest BCUT2D eigenvalue weighted by Crippen LogP contribution is -2.25. The Morgan fingerprint density at radius 3 is 2.61 bits per heavy atom. The van der Waals surface area contributed by atoms with E-state index in [0.717, 1.165) is 35.5 Å². The molecule has 0 bridgehead atoms. The van der Waals surface area contributed by atoms with Crippen molar-refractivity contribution in [1.82, 2.24) is 20.3 Å². The van der Waals surface area contributed by atoms with E-state index < -0.39 is 0 Å². The van der Waals surface area contributed by atoms with Crippen molar-refractivity contribution in [1.29, 1.82) is 0 Å². The van der Waals surface area contributed by atoms with E-state index >= 15 is 0 Å². The summed E-state index contributed by atoms with van der Waals surface area (Å²) in [5.41, 5.74) is 4.49. The van der Waals surface area contributed by atoms with Crippen LogP contribution < -0.4 is 19.7 Å². The number of hydrogen-bond acceptors (Lipinski definition) is 7. The molecule has 36 heavy (non-hydrogen) atoms. The lowest BCUT2D eigenvalue weighted by Gasteiger charge is -2.19. The van der Waals surface area contributed by atoms with Gasteiger partial charge in [-0.15, -0.1) is 0 Å². The number of amides is 1. The van der Waals surface area contributed by atoms with E-state index in [1.165, 1.54) is 5.56 Å². The average Bonchev–Trinajstić information content (AvgIpc) is 3.36. The predicted octanol–water partition coefficient (Wildman–Crippen LogP) is 4.47. The van der Waals surface area contributed by atoms with Gasteiger partial charge in [0.05, 0.1) is 6.61 Å². The van der Waals surface area contributed by atoms with Gasteiger partial charge in [-0.05, 0) is 60.4 Å². The maximum absolute atomic E-state index is 13.1. The van der Waals surface area contributed by atoms with Gasteiger partial charge in [-0.2, -0.15) is 4.98 Å². The van der Waals surface area contributed by atoms with E-state index in [2.05, 4.69) is 37.3 Å². The number of aromatic nitrogens is 3. The molecule has 0 unspecified atom stereocenters. The lowest BCUT2D eigenvalue weighted by molar-refractivity contribution is 0.0945. The Bertz CT molecular complexity index is 1330. The molecule has 0 saturated heterocycles. The molecule has 0 atom stereocenters. The molecule has 2 aromatic carbocycles. The zero-order valence-electron chi connectivity index (χ0n) is 20.1. The molecule has 1 aliphatic heterocycles. The molecule has 1 N–H and O–H groups in total. The van der Waals surface area contributed by atoms with Crippen LogP contribution in [0.1, 0.15) is 34.0 Å². The Morgan fingerprint density at radius 1 is 1.00 bits per heavy atom. The summed E-state index contributed by atoms with van der Waals surface area (Å²) in [7, 11) is 0. The summed E-state index contributed by atoms with van der Waals surface area (Å²) in [6.07, 6.45) is 5.84. The second kappa shape index (κ2) is 10.9. The van der Waals surface area contributed by atoms with Crippen molar-refractivity contribution < 1.29 is 14.3 Å². The lowest BCUT2D eigenvalue weighted by atomic mass is 10.2. The summed E-state index contributed by atoms with van der Waals surface area (Å²) in [5.74, 6) is 1.24. The quantitative estimate of drug-likeness (QED) is 0.377. The fraction of sp³-hybridized carbons (Fsp3) is 0.214. The number of carbonyl (C=O) groups excluding carboxylic acids is 1. The van der Waals surface area contributed by atoms with Gasteiger partial charge < -0.3 is 19.7 Å². The van der Waals surface area contributed by atoms with Gasteiger partial charge in [-0.25, -0.2) is 4.98 Å². The highest BCUT2D eigenvalue weighted by molar-refractivity contribution is 5.96. The summed E-state index contributed by atoms with van der Waals surface area (Å²) in [6.45, 7) is 3.94. The first kappa shape index (κ1) is 23.3.